The highest BCUT2D eigenvalue weighted by molar-refractivity contribution is 5.94. The summed E-state index contributed by atoms with van der Waals surface area (Å²) < 4.78 is 0. The topological polar surface area (TPSA) is 57.8 Å². The number of aromatic amines is 1. The fourth-order valence-electron chi connectivity index (χ4n) is 1.45. The number of carbonyl (C=O) groups is 1. The SMILES string of the molecule is CCC(C)(C)C(=O)Nc1nc2ccccc2[nH]1. The Balaban J connectivity index is 2.22. The van der Waals surface area contributed by atoms with Gasteiger partial charge in [-0.15, -0.1) is 0 Å². The number of aromatic nitrogens is 2. The van der Waals surface area contributed by atoms with Crippen molar-refractivity contribution in [3.63, 3.8) is 0 Å². The molecule has 0 aliphatic carbocycles. The van der Waals surface area contributed by atoms with Gasteiger partial charge in [0.1, 0.15) is 0 Å². The quantitative estimate of drug-likeness (QED) is 0.853. The molecule has 0 spiro atoms. The molecule has 0 aliphatic heterocycles. The minimum Gasteiger partial charge on any atom is -0.324 e. The average Bonchev–Trinajstić information content (AvgIpc) is 2.70. The Labute approximate surface area is 100 Å². The molecule has 0 unspecified atom stereocenters. The minimum absolute atomic E-state index is 0.0148. The molecule has 4 nitrogen and oxygen atoms in total. The molecular weight excluding hydrogens is 214 g/mol. The highest BCUT2D eigenvalue weighted by atomic mass is 16.2. The zero-order chi connectivity index (χ0) is 12.5. The maximum atomic E-state index is 12.0. The summed E-state index contributed by atoms with van der Waals surface area (Å²) in [7, 11) is 0. The summed E-state index contributed by atoms with van der Waals surface area (Å²) in [6.45, 7) is 5.84. The maximum absolute atomic E-state index is 12.0. The van der Waals surface area contributed by atoms with Crippen LogP contribution in [0.5, 0.6) is 0 Å². The van der Waals surface area contributed by atoms with Crippen LogP contribution >= 0.6 is 0 Å². The van der Waals surface area contributed by atoms with Crippen molar-refractivity contribution >= 4 is 22.9 Å². The van der Waals surface area contributed by atoms with Crippen LogP contribution in [0.1, 0.15) is 27.2 Å². The number of benzene rings is 1. The molecule has 0 bridgehead atoms. The van der Waals surface area contributed by atoms with Gasteiger partial charge < -0.3 is 4.98 Å². The number of nitrogens with zero attached hydrogens (tertiary/aromatic N) is 1. The highest BCUT2D eigenvalue weighted by Crippen LogP contribution is 2.22. The van der Waals surface area contributed by atoms with Gasteiger partial charge in [-0.3, -0.25) is 10.1 Å². The second kappa shape index (κ2) is 4.20. The Bertz CT molecular complexity index is 509. The van der Waals surface area contributed by atoms with E-state index >= 15 is 0 Å². The molecule has 90 valence electrons. The smallest absolute Gasteiger partial charge is 0.232 e. The molecule has 4 heteroatoms. The van der Waals surface area contributed by atoms with Crippen LogP contribution in [0.25, 0.3) is 11.0 Å². The summed E-state index contributed by atoms with van der Waals surface area (Å²) in [4.78, 5) is 19.4. The molecule has 1 aromatic heterocycles. The summed E-state index contributed by atoms with van der Waals surface area (Å²) in [5.74, 6) is 0.497. The van der Waals surface area contributed by atoms with Gasteiger partial charge in [0.15, 0.2) is 0 Å². The van der Waals surface area contributed by atoms with E-state index in [9.17, 15) is 4.79 Å². The molecule has 2 rings (SSSR count). The van der Waals surface area contributed by atoms with Gasteiger partial charge in [-0.05, 0) is 18.6 Å². The van der Waals surface area contributed by atoms with Crippen LogP contribution in [0.15, 0.2) is 24.3 Å². The zero-order valence-corrected chi connectivity index (χ0v) is 10.4. The first-order chi connectivity index (χ1) is 8.03. The third kappa shape index (κ3) is 2.30. The van der Waals surface area contributed by atoms with E-state index in [-0.39, 0.29) is 11.3 Å². The molecule has 1 aromatic carbocycles. The van der Waals surface area contributed by atoms with Crippen LogP contribution in [0.2, 0.25) is 0 Å². The molecule has 0 atom stereocenters. The Morgan fingerprint density at radius 2 is 2.12 bits per heavy atom. The minimum atomic E-state index is -0.376. The second-order valence-corrected chi connectivity index (χ2v) is 4.79. The van der Waals surface area contributed by atoms with E-state index in [4.69, 9.17) is 0 Å². The van der Waals surface area contributed by atoms with Crippen LogP contribution in [0.3, 0.4) is 0 Å². The van der Waals surface area contributed by atoms with Crippen LogP contribution in [0.4, 0.5) is 5.95 Å². The number of H-pyrrole nitrogens is 1. The van der Waals surface area contributed by atoms with Crippen molar-refractivity contribution in [3.05, 3.63) is 24.3 Å². The average molecular weight is 231 g/mol. The zero-order valence-electron chi connectivity index (χ0n) is 10.4. The van der Waals surface area contributed by atoms with E-state index in [0.29, 0.717) is 5.95 Å². The van der Waals surface area contributed by atoms with Crippen LogP contribution < -0.4 is 5.32 Å². The molecule has 0 fully saturated rings. The Morgan fingerprint density at radius 1 is 1.41 bits per heavy atom. The number of para-hydroxylation sites is 2. The lowest BCUT2D eigenvalue weighted by molar-refractivity contribution is -0.124. The fourth-order valence-corrected chi connectivity index (χ4v) is 1.45. The van der Waals surface area contributed by atoms with Gasteiger partial charge in [0, 0.05) is 5.41 Å². The molecule has 0 saturated carbocycles. The predicted molar refractivity (Wildman–Crippen MR) is 68.8 cm³/mol. The van der Waals surface area contributed by atoms with Crippen molar-refractivity contribution in [1.29, 1.82) is 0 Å². The van der Waals surface area contributed by atoms with Gasteiger partial charge in [0.25, 0.3) is 0 Å². The van der Waals surface area contributed by atoms with E-state index in [0.717, 1.165) is 17.5 Å². The number of rotatable bonds is 3. The number of imidazole rings is 1. The Morgan fingerprint density at radius 3 is 2.76 bits per heavy atom. The lowest BCUT2D eigenvalue weighted by Gasteiger charge is -2.20. The van der Waals surface area contributed by atoms with Crippen LogP contribution in [0, 0.1) is 5.41 Å². The normalized spacial score (nSPS) is 11.7. The van der Waals surface area contributed by atoms with Gasteiger partial charge in [-0.2, -0.15) is 0 Å². The van der Waals surface area contributed by atoms with Crippen molar-refractivity contribution in [2.24, 2.45) is 5.41 Å². The van der Waals surface area contributed by atoms with Crippen molar-refractivity contribution in [3.8, 4) is 0 Å². The molecule has 0 saturated heterocycles. The van der Waals surface area contributed by atoms with E-state index < -0.39 is 0 Å². The van der Waals surface area contributed by atoms with Crippen molar-refractivity contribution in [1.82, 2.24) is 9.97 Å². The summed E-state index contributed by atoms with van der Waals surface area (Å²) >= 11 is 0. The number of amides is 1. The van der Waals surface area contributed by atoms with E-state index in [2.05, 4.69) is 15.3 Å². The van der Waals surface area contributed by atoms with Crippen molar-refractivity contribution in [2.75, 3.05) is 5.32 Å². The monoisotopic (exact) mass is 231 g/mol. The van der Waals surface area contributed by atoms with Gasteiger partial charge in [0.05, 0.1) is 11.0 Å². The first-order valence-electron chi connectivity index (χ1n) is 5.79. The maximum Gasteiger partial charge on any atom is 0.232 e. The summed E-state index contributed by atoms with van der Waals surface area (Å²) in [5, 5.41) is 2.82. The van der Waals surface area contributed by atoms with E-state index in [1.165, 1.54) is 0 Å². The number of fused-ring (bicyclic) bond motifs is 1. The number of anilines is 1. The van der Waals surface area contributed by atoms with Crippen LogP contribution in [-0.4, -0.2) is 15.9 Å². The highest BCUT2D eigenvalue weighted by Gasteiger charge is 2.25. The number of hydrogen-bond donors (Lipinski definition) is 2. The fraction of sp³-hybridized carbons (Fsp3) is 0.385. The molecule has 17 heavy (non-hydrogen) atoms. The van der Waals surface area contributed by atoms with Gasteiger partial charge in [-0.25, -0.2) is 4.98 Å². The lowest BCUT2D eigenvalue weighted by Crippen LogP contribution is -2.30. The first-order valence-corrected chi connectivity index (χ1v) is 5.79. The number of nitrogens with one attached hydrogen (secondary N) is 2. The number of hydrogen-bond acceptors (Lipinski definition) is 2. The molecule has 1 amide bonds. The molecule has 2 aromatic rings. The third-order valence-electron chi connectivity index (χ3n) is 3.12. The van der Waals surface area contributed by atoms with Crippen LogP contribution in [-0.2, 0) is 4.79 Å². The van der Waals surface area contributed by atoms with E-state index in [1.807, 2.05) is 45.0 Å². The van der Waals surface area contributed by atoms with E-state index in [1.54, 1.807) is 0 Å². The first kappa shape index (κ1) is 11.6. The molecule has 1 heterocycles. The molecule has 0 aliphatic rings. The molecule has 2 N–H and O–H groups in total. The number of carbonyl (C=O) groups excluding carboxylic acids is 1. The summed E-state index contributed by atoms with van der Waals surface area (Å²) in [6.07, 6.45) is 0.791. The molecular formula is C13H17N3O. The summed E-state index contributed by atoms with van der Waals surface area (Å²) in [5.41, 5.74) is 1.41. The largest absolute Gasteiger partial charge is 0.324 e. The van der Waals surface area contributed by atoms with Gasteiger partial charge >= 0.3 is 0 Å². The van der Waals surface area contributed by atoms with Gasteiger partial charge in [-0.1, -0.05) is 32.9 Å². The third-order valence-corrected chi connectivity index (χ3v) is 3.12. The second-order valence-electron chi connectivity index (χ2n) is 4.79. The van der Waals surface area contributed by atoms with Crippen molar-refractivity contribution < 1.29 is 4.79 Å². The predicted octanol–water partition coefficient (Wildman–Crippen LogP) is 2.94. The van der Waals surface area contributed by atoms with Crippen molar-refractivity contribution in [2.45, 2.75) is 27.2 Å². The Hall–Kier alpha value is -1.84. The van der Waals surface area contributed by atoms with Gasteiger partial charge in [0.2, 0.25) is 11.9 Å². The summed E-state index contributed by atoms with van der Waals surface area (Å²) in [6, 6.07) is 7.70. The standard InChI is InChI=1S/C13H17N3O/c1-4-13(2,3)11(17)16-12-14-9-7-5-6-8-10(9)15-12/h5-8H,4H2,1-3H3,(H2,14,15,16,17). The Kier molecular flexibility index (Phi) is 2.88. The molecule has 0 radical (unpaired) electrons. The lowest BCUT2D eigenvalue weighted by atomic mass is 9.89.